The number of amides is 2. The first-order chi connectivity index (χ1) is 11.6. The summed E-state index contributed by atoms with van der Waals surface area (Å²) in [5.74, 6) is 0.103. The summed E-state index contributed by atoms with van der Waals surface area (Å²) in [5, 5.41) is 1.63. The maximum absolute atomic E-state index is 13.0. The molecule has 24 heavy (non-hydrogen) atoms. The summed E-state index contributed by atoms with van der Waals surface area (Å²) in [5.41, 5.74) is 2.50. The van der Waals surface area contributed by atoms with Gasteiger partial charge in [-0.25, -0.2) is 4.90 Å². The van der Waals surface area contributed by atoms with Crippen LogP contribution in [0.3, 0.4) is 0 Å². The van der Waals surface area contributed by atoms with Gasteiger partial charge in [0, 0.05) is 16.5 Å². The highest BCUT2D eigenvalue weighted by molar-refractivity contribution is 6.35. The monoisotopic (exact) mass is 317 g/mol. The Morgan fingerprint density at radius 3 is 2.04 bits per heavy atom. The summed E-state index contributed by atoms with van der Waals surface area (Å²) in [4.78, 5) is 27.2. The van der Waals surface area contributed by atoms with Crippen molar-refractivity contribution in [3.05, 3.63) is 71.3 Å². The molecular formula is C20H15NO3. The van der Waals surface area contributed by atoms with Crippen LogP contribution in [0.15, 0.2) is 54.6 Å². The number of nitrogens with zero attached hydrogens (tertiary/aromatic N) is 1. The first-order valence-electron chi connectivity index (χ1n) is 7.67. The van der Waals surface area contributed by atoms with Crippen molar-refractivity contribution in [1.82, 2.24) is 0 Å². The molecule has 1 aliphatic rings. The van der Waals surface area contributed by atoms with Gasteiger partial charge in [-0.2, -0.15) is 0 Å². The molecule has 3 aromatic carbocycles. The van der Waals surface area contributed by atoms with Gasteiger partial charge in [0.1, 0.15) is 5.75 Å². The zero-order valence-electron chi connectivity index (χ0n) is 13.4. The van der Waals surface area contributed by atoms with Gasteiger partial charge >= 0.3 is 0 Å². The number of hydrogen-bond acceptors (Lipinski definition) is 3. The van der Waals surface area contributed by atoms with Crippen LogP contribution in [0.5, 0.6) is 5.75 Å². The molecule has 4 nitrogen and oxygen atoms in total. The van der Waals surface area contributed by atoms with Gasteiger partial charge in [-0.3, -0.25) is 9.59 Å². The van der Waals surface area contributed by atoms with Crippen LogP contribution < -0.4 is 9.64 Å². The van der Waals surface area contributed by atoms with Crippen molar-refractivity contribution < 1.29 is 14.3 Å². The second-order valence-electron chi connectivity index (χ2n) is 5.81. The molecular weight excluding hydrogens is 302 g/mol. The predicted octanol–water partition coefficient (Wildman–Crippen LogP) is 3.96. The number of ether oxygens (including phenoxy) is 1. The lowest BCUT2D eigenvalue weighted by Gasteiger charge is -2.28. The van der Waals surface area contributed by atoms with Gasteiger partial charge in [-0.1, -0.05) is 24.3 Å². The minimum atomic E-state index is -0.294. The molecule has 3 aromatic rings. The summed E-state index contributed by atoms with van der Waals surface area (Å²) in [6.07, 6.45) is 0. The highest BCUT2D eigenvalue weighted by atomic mass is 16.5. The fraction of sp³-hybridized carbons (Fsp3) is 0.100. The number of carbonyl (C=O) groups is 2. The molecule has 0 aromatic heterocycles. The number of carbonyl (C=O) groups excluding carboxylic acids is 2. The first-order valence-corrected chi connectivity index (χ1v) is 7.67. The smallest absolute Gasteiger partial charge is 0.265 e. The molecule has 1 heterocycles. The molecule has 0 spiro atoms. The molecule has 0 radical (unpaired) electrons. The average molecular weight is 317 g/mol. The van der Waals surface area contributed by atoms with Gasteiger partial charge in [0.05, 0.1) is 12.8 Å². The third-order valence-electron chi connectivity index (χ3n) is 4.42. The van der Waals surface area contributed by atoms with E-state index in [1.807, 2.05) is 37.3 Å². The maximum atomic E-state index is 13.0. The topological polar surface area (TPSA) is 46.6 Å². The third kappa shape index (κ3) is 1.93. The van der Waals surface area contributed by atoms with Crippen molar-refractivity contribution in [2.45, 2.75) is 6.92 Å². The summed E-state index contributed by atoms with van der Waals surface area (Å²) >= 11 is 0. The van der Waals surface area contributed by atoms with Crippen LogP contribution >= 0.6 is 0 Å². The lowest BCUT2D eigenvalue weighted by atomic mass is 9.93. The van der Waals surface area contributed by atoms with E-state index in [0.29, 0.717) is 22.6 Å². The van der Waals surface area contributed by atoms with E-state index >= 15 is 0 Å². The zero-order chi connectivity index (χ0) is 16.8. The molecule has 0 aliphatic carbocycles. The van der Waals surface area contributed by atoms with E-state index in [-0.39, 0.29) is 11.8 Å². The van der Waals surface area contributed by atoms with Gasteiger partial charge < -0.3 is 4.74 Å². The largest absolute Gasteiger partial charge is 0.497 e. The molecule has 0 saturated heterocycles. The summed E-state index contributed by atoms with van der Waals surface area (Å²) in [6.45, 7) is 1.86. The molecule has 118 valence electrons. The molecule has 0 saturated carbocycles. The molecule has 1 aliphatic heterocycles. The average Bonchev–Trinajstić information content (AvgIpc) is 2.60. The predicted molar refractivity (Wildman–Crippen MR) is 92.8 cm³/mol. The van der Waals surface area contributed by atoms with Crippen molar-refractivity contribution in [1.29, 1.82) is 0 Å². The summed E-state index contributed by atoms with van der Waals surface area (Å²) in [7, 11) is 1.59. The number of benzene rings is 3. The van der Waals surface area contributed by atoms with Crippen molar-refractivity contribution in [3.63, 3.8) is 0 Å². The van der Waals surface area contributed by atoms with Crippen LogP contribution in [0.1, 0.15) is 26.3 Å². The normalized spacial score (nSPS) is 13.5. The Kier molecular flexibility index (Phi) is 3.13. The lowest BCUT2D eigenvalue weighted by Crippen LogP contribution is -2.40. The second kappa shape index (κ2) is 5.20. The Labute approximate surface area is 139 Å². The van der Waals surface area contributed by atoms with Crippen LogP contribution in [-0.2, 0) is 0 Å². The van der Waals surface area contributed by atoms with E-state index in [1.54, 1.807) is 31.4 Å². The van der Waals surface area contributed by atoms with Crippen LogP contribution in [-0.4, -0.2) is 18.9 Å². The van der Waals surface area contributed by atoms with Crippen LogP contribution in [0, 0.1) is 6.92 Å². The number of hydrogen-bond donors (Lipinski definition) is 0. The zero-order valence-corrected chi connectivity index (χ0v) is 13.4. The second-order valence-corrected chi connectivity index (χ2v) is 5.81. The van der Waals surface area contributed by atoms with Gasteiger partial charge in [0.25, 0.3) is 11.8 Å². The van der Waals surface area contributed by atoms with Gasteiger partial charge in [-0.05, 0) is 48.2 Å². The number of imide groups is 1. The van der Waals surface area contributed by atoms with Crippen molar-refractivity contribution in [3.8, 4) is 5.75 Å². The van der Waals surface area contributed by atoms with Crippen molar-refractivity contribution >= 4 is 28.3 Å². The maximum Gasteiger partial charge on any atom is 0.265 e. The molecule has 0 atom stereocenters. The van der Waals surface area contributed by atoms with Crippen LogP contribution in [0.25, 0.3) is 10.8 Å². The fourth-order valence-corrected chi connectivity index (χ4v) is 3.26. The lowest BCUT2D eigenvalue weighted by molar-refractivity contribution is 0.0893. The molecule has 0 unspecified atom stereocenters. The van der Waals surface area contributed by atoms with Crippen molar-refractivity contribution in [2.75, 3.05) is 12.0 Å². The Morgan fingerprint density at radius 2 is 1.50 bits per heavy atom. The minimum absolute atomic E-state index is 0.294. The first kappa shape index (κ1) is 14.5. The third-order valence-corrected chi connectivity index (χ3v) is 4.42. The molecule has 4 heteroatoms. The summed E-state index contributed by atoms with van der Waals surface area (Å²) < 4.78 is 5.21. The van der Waals surface area contributed by atoms with Crippen LogP contribution in [0.4, 0.5) is 5.69 Å². The Morgan fingerprint density at radius 1 is 0.875 bits per heavy atom. The standard InChI is InChI=1S/C20H15NO3/c1-12-11-14(24-2)9-10-17(12)21-19(22)15-7-3-5-13-6-4-8-16(18(13)15)20(21)23/h3-11H,1-2H3. The minimum Gasteiger partial charge on any atom is -0.497 e. The molecule has 0 bridgehead atoms. The summed E-state index contributed by atoms with van der Waals surface area (Å²) in [6, 6.07) is 16.4. The van der Waals surface area contributed by atoms with Crippen molar-refractivity contribution in [2.24, 2.45) is 0 Å². The quantitative estimate of drug-likeness (QED) is 0.672. The molecule has 0 N–H and O–H groups in total. The van der Waals surface area contributed by atoms with E-state index in [2.05, 4.69) is 0 Å². The van der Waals surface area contributed by atoms with E-state index in [9.17, 15) is 9.59 Å². The molecule has 2 amide bonds. The number of anilines is 1. The Bertz CT molecular complexity index is 956. The highest BCUT2D eigenvalue weighted by Gasteiger charge is 2.34. The van der Waals surface area contributed by atoms with E-state index in [1.165, 1.54) is 4.90 Å². The fourth-order valence-electron chi connectivity index (χ4n) is 3.26. The molecule has 0 fully saturated rings. The number of rotatable bonds is 2. The van der Waals surface area contributed by atoms with E-state index in [4.69, 9.17) is 4.74 Å². The van der Waals surface area contributed by atoms with E-state index in [0.717, 1.165) is 16.3 Å². The van der Waals surface area contributed by atoms with Crippen LogP contribution in [0.2, 0.25) is 0 Å². The van der Waals surface area contributed by atoms with Gasteiger partial charge in [0.15, 0.2) is 0 Å². The Hall–Kier alpha value is -3.14. The van der Waals surface area contributed by atoms with Gasteiger partial charge in [-0.15, -0.1) is 0 Å². The highest BCUT2D eigenvalue weighted by Crippen LogP contribution is 2.34. The Balaban J connectivity index is 1.94. The van der Waals surface area contributed by atoms with E-state index < -0.39 is 0 Å². The number of aryl methyl sites for hydroxylation is 1. The SMILES string of the molecule is COc1ccc(N2C(=O)c3cccc4cccc(c34)C2=O)c(C)c1. The van der Waals surface area contributed by atoms with Gasteiger partial charge in [0.2, 0.25) is 0 Å². The number of methoxy groups -OCH3 is 1. The molecule has 4 rings (SSSR count).